The molecule has 100 valence electrons. The smallest absolute Gasteiger partial charge is 0.304 e. The number of hydrogen-bond acceptors (Lipinski definition) is 5. The van der Waals surface area contributed by atoms with Crippen LogP contribution in [-0.4, -0.2) is 32.4 Å². The molecule has 7 nitrogen and oxygen atoms in total. The van der Waals surface area contributed by atoms with E-state index in [9.17, 15) is 13.2 Å². The van der Waals surface area contributed by atoms with Crippen molar-refractivity contribution in [3.8, 4) is 5.75 Å². The second-order valence-corrected chi connectivity index (χ2v) is 5.36. The van der Waals surface area contributed by atoms with Crippen molar-refractivity contribution >= 4 is 27.4 Å². The van der Waals surface area contributed by atoms with Gasteiger partial charge in [0.05, 0.1) is 30.7 Å². The standard InChI is InChI=1S/C10H14N2O5S/c1-17-9-3-2-7(6-8(9)11)12-18(15,16)5-4-10(13)14/h2-3,6,12H,4-5,11H2,1H3,(H,13,14). The van der Waals surface area contributed by atoms with Gasteiger partial charge in [-0.1, -0.05) is 0 Å². The highest BCUT2D eigenvalue weighted by Gasteiger charge is 2.13. The van der Waals surface area contributed by atoms with Crippen LogP contribution in [0.4, 0.5) is 11.4 Å². The molecule has 0 bridgehead atoms. The zero-order valence-corrected chi connectivity index (χ0v) is 10.5. The normalized spacial score (nSPS) is 10.9. The van der Waals surface area contributed by atoms with Crippen LogP contribution >= 0.6 is 0 Å². The zero-order valence-electron chi connectivity index (χ0n) is 9.71. The Labute approximate surface area is 105 Å². The molecular weight excluding hydrogens is 260 g/mol. The second kappa shape index (κ2) is 5.58. The van der Waals surface area contributed by atoms with Crippen molar-refractivity contribution in [1.29, 1.82) is 0 Å². The number of rotatable bonds is 6. The molecular formula is C10H14N2O5S. The van der Waals surface area contributed by atoms with Crippen LogP contribution < -0.4 is 15.2 Å². The monoisotopic (exact) mass is 274 g/mol. The molecule has 0 saturated carbocycles. The van der Waals surface area contributed by atoms with Crippen molar-refractivity contribution < 1.29 is 23.1 Å². The molecule has 0 saturated heterocycles. The summed E-state index contributed by atoms with van der Waals surface area (Å²) in [6.07, 6.45) is -0.457. The first-order valence-electron chi connectivity index (χ1n) is 5.00. The number of aliphatic carboxylic acids is 1. The lowest BCUT2D eigenvalue weighted by Gasteiger charge is -2.09. The van der Waals surface area contributed by atoms with E-state index in [4.69, 9.17) is 15.6 Å². The molecule has 4 N–H and O–H groups in total. The molecule has 0 aliphatic rings. The first-order chi connectivity index (χ1) is 8.34. The van der Waals surface area contributed by atoms with E-state index in [1.807, 2.05) is 0 Å². The first-order valence-corrected chi connectivity index (χ1v) is 6.65. The van der Waals surface area contributed by atoms with Gasteiger partial charge in [0.1, 0.15) is 5.75 Å². The summed E-state index contributed by atoms with van der Waals surface area (Å²) in [7, 11) is -2.25. The van der Waals surface area contributed by atoms with Gasteiger partial charge in [0.25, 0.3) is 0 Å². The quantitative estimate of drug-likeness (QED) is 0.650. The number of sulfonamides is 1. The molecule has 18 heavy (non-hydrogen) atoms. The molecule has 0 unspecified atom stereocenters. The van der Waals surface area contributed by atoms with Crippen LogP contribution in [0.2, 0.25) is 0 Å². The molecule has 0 atom stereocenters. The highest BCUT2D eigenvalue weighted by atomic mass is 32.2. The lowest BCUT2D eigenvalue weighted by molar-refractivity contribution is -0.136. The van der Waals surface area contributed by atoms with Crippen LogP contribution in [-0.2, 0) is 14.8 Å². The minimum absolute atomic E-state index is 0.263. The number of carbonyl (C=O) groups is 1. The summed E-state index contributed by atoms with van der Waals surface area (Å²) in [4.78, 5) is 10.3. The van der Waals surface area contributed by atoms with Crippen LogP contribution in [0.15, 0.2) is 18.2 Å². The Balaban J connectivity index is 2.78. The number of carboxylic acids is 1. The summed E-state index contributed by atoms with van der Waals surface area (Å²) < 4.78 is 30.2. The third-order valence-electron chi connectivity index (χ3n) is 2.09. The number of methoxy groups -OCH3 is 1. The van der Waals surface area contributed by atoms with E-state index in [0.29, 0.717) is 5.75 Å². The Hall–Kier alpha value is -1.96. The van der Waals surface area contributed by atoms with Gasteiger partial charge in [-0.3, -0.25) is 9.52 Å². The van der Waals surface area contributed by atoms with Gasteiger partial charge in [-0.25, -0.2) is 8.42 Å². The second-order valence-electron chi connectivity index (χ2n) is 3.52. The van der Waals surface area contributed by atoms with Crippen molar-refractivity contribution in [2.75, 3.05) is 23.3 Å². The van der Waals surface area contributed by atoms with Gasteiger partial charge in [-0.15, -0.1) is 0 Å². The van der Waals surface area contributed by atoms with Gasteiger partial charge in [-0.05, 0) is 18.2 Å². The number of carboxylic acid groups (broad SMARTS) is 1. The molecule has 0 aromatic heterocycles. The minimum Gasteiger partial charge on any atom is -0.495 e. The van der Waals surface area contributed by atoms with E-state index in [2.05, 4.69) is 4.72 Å². The van der Waals surface area contributed by atoms with Crippen molar-refractivity contribution in [3.63, 3.8) is 0 Å². The molecule has 0 amide bonds. The van der Waals surface area contributed by atoms with Crippen LogP contribution in [0, 0.1) is 0 Å². The summed E-state index contributed by atoms with van der Waals surface area (Å²) in [5, 5.41) is 8.43. The van der Waals surface area contributed by atoms with Crippen LogP contribution in [0.1, 0.15) is 6.42 Å². The summed E-state index contributed by atoms with van der Waals surface area (Å²) in [6, 6.07) is 4.40. The molecule has 0 heterocycles. The van der Waals surface area contributed by atoms with Crippen LogP contribution in [0.25, 0.3) is 0 Å². The summed E-state index contributed by atoms with van der Waals surface area (Å²) in [6.45, 7) is 0. The van der Waals surface area contributed by atoms with E-state index < -0.39 is 28.2 Å². The van der Waals surface area contributed by atoms with Crippen molar-refractivity contribution in [2.45, 2.75) is 6.42 Å². The molecule has 8 heteroatoms. The Morgan fingerprint density at radius 3 is 2.67 bits per heavy atom. The Bertz CT molecular complexity index is 541. The Morgan fingerprint density at radius 2 is 2.17 bits per heavy atom. The highest BCUT2D eigenvalue weighted by Crippen LogP contribution is 2.25. The number of nitrogens with two attached hydrogens (primary N) is 1. The van der Waals surface area contributed by atoms with E-state index in [1.165, 1.54) is 25.3 Å². The van der Waals surface area contributed by atoms with Crippen LogP contribution in [0.5, 0.6) is 5.75 Å². The first kappa shape index (κ1) is 14.1. The summed E-state index contributed by atoms with van der Waals surface area (Å²) in [5.74, 6) is -1.23. The summed E-state index contributed by atoms with van der Waals surface area (Å²) >= 11 is 0. The van der Waals surface area contributed by atoms with Gasteiger partial charge >= 0.3 is 5.97 Å². The van der Waals surface area contributed by atoms with Gasteiger partial charge in [0.2, 0.25) is 10.0 Å². The lowest BCUT2D eigenvalue weighted by atomic mass is 10.2. The predicted octanol–water partition coefficient (Wildman–Crippen LogP) is 0.494. The van der Waals surface area contributed by atoms with Gasteiger partial charge < -0.3 is 15.6 Å². The fraction of sp³-hybridized carbons (Fsp3) is 0.300. The maximum Gasteiger partial charge on any atom is 0.304 e. The number of ether oxygens (including phenoxy) is 1. The molecule has 0 spiro atoms. The van der Waals surface area contributed by atoms with Crippen molar-refractivity contribution in [2.24, 2.45) is 0 Å². The number of anilines is 2. The number of nitrogen functional groups attached to an aromatic ring is 1. The van der Waals surface area contributed by atoms with E-state index in [-0.39, 0.29) is 11.4 Å². The number of nitrogens with one attached hydrogen (secondary N) is 1. The van der Waals surface area contributed by atoms with Gasteiger partial charge in [0.15, 0.2) is 0 Å². The number of benzene rings is 1. The molecule has 0 fully saturated rings. The van der Waals surface area contributed by atoms with Gasteiger partial charge in [-0.2, -0.15) is 0 Å². The highest BCUT2D eigenvalue weighted by molar-refractivity contribution is 7.92. The fourth-order valence-corrected chi connectivity index (χ4v) is 2.28. The Kier molecular flexibility index (Phi) is 4.38. The topological polar surface area (TPSA) is 119 Å². The molecule has 0 aliphatic heterocycles. The predicted molar refractivity (Wildman–Crippen MR) is 67.1 cm³/mol. The maximum atomic E-state index is 11.5. The largest absolute Gasteiger partial charge is 0.495 e. The van der Waals surface area contributed by atoms with E-state index >= 15 is 0 Å². The van der Waals surface area contributed by atoms with Crippen molar-refractivity contribution in [1.82, 2.24) is 0 Å². The molecule has 0 aliphatic carbocycles. The molecule has 1 aromatic carbocycles. The third kappa shape index (κ3) is 4.13. The van der Waals surface area contributed by atoms with Crippen LogP contribution in [0.3, 0.4) is 0 Å². The molecule has 0 radical (unpaired) electrons. The zero-order chi connectivity index (χ0) is 13.8. The fourth-order valence-electron chi connectivity index (χ4n) is 1.25. The molecule has 1 rings (SSSR count). The number of hydrogen-bond donors (Lipinski definition) is 3. The molecule has 1 aromatic rings. The average molecular weight is 274 g/mol. The van der Waals surface area contributed by atoms with E-state index in [1.54, 1.807) is 0 Å². The van der Waals surface area contributed by atoms with Gasteiger partial charge in [0, 0.05) is 0 Å². The average Bonchev–Trinajstić information content (AvgIpc) is 2.26. The van der Waals surface area contributed by atoms with E-state index in [0.717, 1.165) is 0 Å². The SMILES string of the molecule is COc1ccc(NS(=O)(=O)CCC(=O)O)cc1N. The Morgan fingerprint density at radius 1 is 1.50 bits per heavy atom. The minimum atomic E-state index is -3.69. The third-order valence-corrected chi connectivity index (χ3v) is 3.38. The summed E-state index contributed by atoms with van der Waals surface area (Å²) in [5.41, 5.74) is 6.17. The lowest BCUT2D eigenvalue weighted by Crippen LogP contribution is -2.19. The maximum absolute atomic E-state index is 11.5. The van der Waals surface area contributed by atoms with Crippen molar-refractivity contribution in [3.05, 3.63) is 18.2 Å².